The number of guanidine groups is 1. The first-order chi connectivity index (χ1) is 13.6. The highest BCUT2D eigenvalue weighted by atomic mass is 16.5. The van der Waals surface area contributed by atoms with Crippen molar-refractivity contribution < 1.29 is 14.3 Å². The number of piperidine rings is 1. The molecule has 1 amide bonds. The average molecular weight is 386 g/mol. The molecule has 28 heavy (non-hydrogen) atoms. The molecule has 1 unspecified atom stereocenters. The zero-order chi connectivity index (χ0) is 19.9. The van der Waals surface area contributed by atoms with Gasteiger partial charge in [0.25, 0.3) is 0 Å². The van der Waals surface area contributed by atoms with Gasteiger partial charge >= 0.3 is 5.97 Å². The SMILES string of the molecule is CCOC(=O)C1CCCN(C(=NC)NCC(=O)N2CCCc3ccccc32)C1. The van der Waals surface area contributed by atoms with Crippen molar-refractivity contribution in [3.63, 3.8) is 0 Å². The number of hydrogen-bond acceptors (Lipinski definition) is 4. The Morgan fingerprint density at radius 2 is 2.07 bits per heavy atom. The van der Waals surface area contributed by atoms with E-state index in [2.05, 4.69) is 16.4 Å². The van der Waals surface area contributed by atoms with E-state index in [-0.39, 0.29) is 24.3 Å². The van der Waals surface area contributed by atoms with E-state index in [1.165, 1.54) is 5.56 Å². The summed E-state index contributed by atoms with van der Waals surface area (Å²) >= 11 is 0. The summed E-state index contributed by atoms with van der Waals surface area (Å²) < 4.78 is 5.17. The van der Waals surface area contributed by atoms with Crippen LogP contribution in [-0.4, -0.2) is 62.6 Å². The van der Waals surface area contributed by atoms with Gasteiger partial charge in [-0.3, -0.25) is 14.6 Å². The molecule has 1 saturated heterocycles. The van der Waals surface area contributed by atoms with Gasteiger partial charge in [0.05, 0.1) is 19.1 Å². The minimum atomic E-state index is -0.149. The van der Waals surface area contributed by atoms with Gasteiger partial charge < -0.3 is 19.9 Å². The van der Waals surface area contributed by atoms with Crippen LogP contribution in [0.2, 0.25) is 0 Å². The fraction of sp³-hybridized carbons (Fsp3) is 0.571. The average Bonchev–Trinajstić information content (AvgIpc) is 2.74. The maximum absolute atomic E-state index is 12.8. The molecule has 0 spiro atoms. The predicted octanol–water partition coefficient (Wildman–Crippen LogP) is 1.82. The molecule has 152 valence electrons. The normalized spacial score (nSPS) is 19.8. The lowest BCUT2D eigenvalue weighted by Crippen LogP contribution is -2.51. The molecule has 0 aliphatic carbocycles. The zero-order valence-electron chi connectivity index (χ0n) is 16.8. The molecule has 2 aliphatic rings. The van der Waals surface area contributed by atoms with Crippen LogP contribution < -0.4 is 10.2 Å². The van der Waals surface area contributed by atoms with Crippen LogP contribution >= 0.6 is 0 Å². The van der Waals surface area contributed by atoms with Crippen LogP contribution in [0.15, 0.2) is 29.3 Å². The van der Waals surface area contributed by atoms with E-state index in [1.54, 1.807) is 7.05 Å². The Morgan fingerprint density at radius 3 is 2.86 bits per heavy atom. The van der Waals surface area contributed by atoms with E-state index in [0.29, 0.717) is 19.1 Å². The fourth-order valence-corrected chi connectivity index (χ4v) is 4.00. The number of benzene rings is 1. The summed E-state index contributed by atoms with van der Waals surface area (Å²) in [6, 6.07) is 8.09. The van der Waals surface area contributed by atoms with E-state index < -0.39 is 0 Å². The zero-order valence-corrected chi connectivity index (χ0v) is 16.8. The predicted molar refractivity (Wildman–Crippen MR) is 109 cm³/mol. The Kier molecular flexibility index (Phi) is 6.90. The van der Waals surface area contributed by atoms with E-state index in [0.717, 1.165) is 44.5 Å². The minimum absolute atomic E-state index is 0.0345. The number of rotatable bonds is 4. The number of para-hydroxylation sites is 1. The number of carbonyl (C=O) groups excluding carboxylic acids is 2. The molecule has 1 N–H and O–H groups in total. The lowest BCUT2D eigenvalue weighted by atomic mass is 9.98. The number of nitrogens with zero attached hydrogens (tertiary/aromatic N) is 3. The summed E-state index contributed by atoms with van der Waals surface area (Å²) in [4.78, 5) is 33.1. The van der Waals surface area contributed by atoms with Crippen molar-refractivity contribution in [2.75, 3.05) is 44.7 Å². The van der Waals surface area contributed by atoms with E-state index >= 15 is 0 Å². The van der Waals surface area contributed by atoms with Gasteiger partial charge in [-0.05, 0) is 44.2 Å². The molecular formula is C21H30N4O3. The highest BCUT2D eigenvalue weighted by molar-refractivity contribution is 5.98. The van der Waals surface area contributed by atoms with Crippen molar-refractivity contribution >= 4 is 23.5 Å². The minimum Gasteiger partial charge on any atom is -0.466 e. The number of fused-ring (bicyclic) bond motifs is 1. The molecule has 3 rings (SSSR count). The van der Waals surface area contributed by atoms with Crippen molar-refractivity contribution in [1.29, 1.82) is 0 Å². The lowest BCUT2D eigenvalue weighted by molar-refractivity contribution is -0.149. The van der Waals surface area contributed by atoms with E-state index in [9.17, 15) is 9.59 Å². The second kappa shape index (κ2) is 9.57. The number of ether oxygens (including phenoxy) is 1. The van der Waals surface area contributed by atoms with Crippen LogP contribution in [0.1, 0.15) is 31.7 Å². The Labute approximate surface area is 166 Å². The maximum Gasteiger partial charge on any atom is 0.310 e. The molecule has 0 saturated carbocycles. The third-order valence-corrected chi connectivity index (χ3v) is 5.36. The Bertz CT molecular complexity index is 734. The van der Waals surface area contributed by atoms with Gasteiger partial charge in [0, 0.05) is 32.4 Å². The molecule has 7 heteroatoms. The molecule has 0 radical (unpaired) electrons. The van der Waals surface area contributed by atoms with E-state index in [4.69, 9.17) is 4.74 Å². The highest BCUT2D eigenvalue weighted by Gasteiger charge is 2.29. The fourth-order valence-electron chi connectivity index (χ4n) is 4.00. The Hall–Kier alpha value is -2.57. The first kappa shape index (κ1) is 20.2. The molecule has 0 aromatic heterocycles. The molecular weight excluding hydrogens is 356 g/mol. The van der Waals surface area contributed by atoms with Gasteiger partial charge in [0.2, 0.25) is 5.91 Å². The number of aliphatic imine (C=N–C) groups is 1. The largest absolute Gasteiger partial charge is 0.466 e. The standard InChI is InChI=1S/C21H30N4O3/c1-3-28-20(27)17-10-6-12-24(15-17)21(22-2)23-14-19(26)25-13-7-9-16-8-4-5-11-18(16)25/h4-5,8,11,17H,3,6-7,9-10,12-15H2,1-2H3,(H,22,23). The molecule has 2 aliphatic heterocycles. The van der Waals surface area contributed by atoms with Crippen molar-refractivity contribution in [2.45, 2.75) is 32.6 Å². The third-order valence-electron chi connectivity index (χ3n) is 5.36. The van der Waals surface area contributed by atoms with Gasteiger partial charge in [-0.2, -0.15) is 0 Å². The van der Waals surface area contributed by atoms with Gasteiger partial charge in [-0.1, -0.05) is 18.2 Å². The van der Waals surface area contributed by atoms with Crippen LogP contribution in [0, 0.1) is 5.92 Å². The summed E-state index contributed by atoms with van der Waals surface area (Å²) in [6.45, 7) is 4.53. The monoisotopic (exact) mass is 386 g/mol. The number of nitrogens with one attached hydrogen (secondary N) is 1. The summed E-state index contributed by atoms with van der Waals surface area (Å²) in [6.07, 6.45) is 3.72. The number of anilines is 1. The van der Waals surface area contributed by atoms with E-state index in [1.807, 2.05) is 34.9 Å². The summed E-state index contributed by atoms with van der Waals surface area (Å²) in [5.41, 5.74) is 2.23. The quantitative estimate of drug-likeness (QED) is 0.485. The van der Waals surface area contributed by atoms with Gasteiger partial charge in [-0.15, -0.1) is 0 Å². The van der Waals surface area contributed by atoms with Crippen LogP contribution in [0.5, 0.6) is 0 Å². The molecule has 1 fully saturated rings. The van der Waals surface area contributed by atoms with Crippen molar-refractivity contribution in [2.24, 2.45) is 10.9 Å². The summed E-state index contributed by atoms with van der Waals surface area (Å²) in [5.74, 6) is 0.403. The molecule has 0 bridgehead atoms. The maximum atomic E-state index is 12.8. The van der Waals surface area contributed by atoms with Gasteiger partial charge in [0.15, 0.2) is 5.96 Å². The number of hydrogen-bond donors (Lipinski definition) is 1. The molecule has 1 aromatic carbocycles. The number of likely N-dealkylation sites (tertiary alicyclic amines) is 1. The first-order valence-corrected chi connectivity index (χ1v) is 10.1. The molecule has 1 atom stereocenters. The second-order valence-corrected chi connectivity index (χ2v) is 7.22. The summed E-state index contributed by atoms with van der Waals surface area (Å²) in [5, 5.41) is 3.19. The Balaban J connectivity index is 1.58. The summed E-state index contributed by atoms with van der Waals surface area (Å²) in [7, 11) is 1.71. The molecule has 1 aromatic rings. The number of esters is 1. The number of amides is 1. The Morgan fingerprint density at radius 1 is 1.25 bits per heavy atom. The van der Waals surface area contributed by atoms with Crippen LogP contribution in [0.25, 0.3) is 0 Å². The van der Waals surface area contributed by atoms with Crippen LogP contribution in [0.3, 0.4) is 0 Å². The van der Waals surface area contributed by atoms with Gasteiger partial charge in [0.1, 0.15) is 0 Å². The van der Waals surface area contributed by atoms with Gasteiger partial charge in [-0.25, -0.2) is 0 Å². The topological polar surface area (TPSA) is 74.2 Å². The van der Waals surface area contributed by atoms with Crippen LogP contribution in [-0.2, 0) is 20.7 Å². The van der Waals surface area contributed by atoms with Crippen LogP contribution in [0.4, 0.5) is 5.69 Å². The molecule has 7 nitrogen and oxygen atoms in total. The molecule has 2 heterocycles. The smallest absolute Gasteiger partial charge is 0.310 e. The highest BCUT2D eigenvalue weighted by Crippen LogP contribution is 2.26. The third kappa shape index (κ3) is 4.64. The van der Waals surface area contributed by atoms with Crippen molar-refractivity contribution in [3.05, 3.63) is 29.8 Å². The van der Waals surface area contributed by atoms with Crippen molar-refractivity contribution in [3.8, 4) is 0 Å². The van der Waals surface area contributed by atoms with Crippen molar-refractivity contribution in [1.82, 2.24) is 10.2 Å². The first-order valence-electron chi connectivity index (χ1n) is 10.1. The number of carbonyl (C=O) groups is 2. The lowest BCUT2D eigenvalue weighted by Gasteiger charge is -2.34. The number of aryl methyl sites for hydroxylation is 1. The second-order valence-electron chi connectivity index (χ2n) is 7.22.